The number of oxime groups is 1. The number of alkyl halides is 3. The third kappa shape index (κ3) is 5.36. The Morgan fingerprint density at radius 2 is 1.76 bits per heavy atom. The van der Waals surface area contributed by atoms with E-state index in [0.29, 0.717) is 23.7 Å². The van der Waals surface area contributed by atoms with Gasteiger partial charge in [0, 0.05) is 43.6 Å². The number of carbonyl (C=O) groups excluding carboxylic acids is 2. The van der Waals surface area contributed by atoms with Crippen LogP contribution in [-0.4, -0.2) is 46.2 Å². The number of amides is 3. The maximum atomic E-state index is 13.3. The summed E-state index contributed by atoms with van der Waals surface area (Å²) >= 11 is 11.5. The van der Waals surface area contributed by atoms with E-state index in [0.717, 1.165) is 12.1 Å². The quantitative estimate of drug-likeness (QED) is 0.587. The minimum absolute atomic E-state index is 0.0877. The molecule has 0 radical (unpaired) electrons. The van der Waals surface area contributed by atoms with Crippen molar-refractivity contribution in [1.29, 1.82) is 0 Å². The van der Waals surface area contributed by atoms with Crippen molar-refractivity contribution in [3.63, 3.8) is 0 Å². The number of anilines is 2. The fourth-order valence-electron chi connectivity index (χ4n) is 3.72. The molecule has 13 heteroatoms. The normalized spacial score (nSPS) is 17.2. The highest BCUT2D eigenvalue weighted by molar-refractivity contribution is 6.43. The molecule has 1 spiro atoms. The molecule has 1 saturated heterocycles. The number of nitrogens with zero attached hydrogens (tertiary/aromatic N) is 3. The molecule has 1 aromatic carbocycles. The number of halogens is 5. The molecule has 0 unspecified atom stereocenters. The lowest BCUT2D eigenvalue weighted by molar-refractivity contribution is -0.136. The molecule has 2 N–H and O–H groups in total. The number of piperidine rings is 1. The molecule has 4 rings (SSSR count). The average Bonchev–Trinajstić information content (AvgIpc) is 3.20. The third-order valence-electron chi connectivity index (χ3n) is 5.56. The number of likely N-dealkylation sites (tertiary alicyclic amines) is 1. The number of rotatable bonds is 3. The molecule has 180 valence electrons. The van der Waals surface area contributed by atoms with Gasteiger partial charge < -0.3 is 20.4 Å². The van der Waals surface area contributed by atoms with Gasteiger partial charge in [0.1, 0.15) is 17.1 Å². The van der Waals surface area contributed by atoms with Crippen molar-refractivity contribution in [3.8, 4) is 0 Å². The van der Waals surface area contributed by atoms with E-state index in [1.54, 1.807) is 12.1 Å². The van der Waals surface area contributed by atoms with Gasteiger partial charge in [-0.1, -0.05) is 28.4 Å². The Hall–Kier alpha value is -3.05. The predicted molar refractivity (Wildman–Crippen MR) is 120 cm³/mol. The SMILES string of the molecule is O=C(Nc1ccc(Cl)cn1)C1=NOC2(CCN(C(=O)Nc3ccc(Cl)cc3C(F)(F)F)CC2)C1. The van der Waals surface area contributed by atoms with E-state index in [1.807, 2.05) is 0 Å². The molecule has 0 aliphatic carbocycles. The second-order valence-electron chi connectivity index (χ2n) is 7.91. The minimum Gasteiger partial charge on any atom is -0.388 e. The van der Waals surface area contributed by atoms with Crippen LogP contribution >= 0.6 is 23.2 Å². The van der Waals surface area contributed by atoms with Crippen molar-refractivity contribution >= 4 is 52.4 Å². The van der Waals surface area contributed by atoms with Crippen LogP contribution in [0.25, 0.3) is 0 Å². The van der Waals surface area contributed by atoms with Crippen molar-refractivity contribution in [1.82, 2.24) is 9.88 Å². The van der Waals surface area contributed by atoms with E-state index in [-0.39, 0.29) is 35.9 Å². The number of hydrogen-bond donors (Lipinski definition) is 2. The molecule has 2 aromatic rings. The number of hydrogen-bond acceptors (Lipinski definition) is 5. The predicted octanol–water partition coefficient (Wildman–Crippen LogP) is 5.19. The second-order valence-corrected chi connectivity index (χ2v) is 8.78. The van der Waals surface area contributed by atoms with Crippen molar-refractivity contribution in [3.05, 3.63) is 52.1 Å². The maximum Gasteiger partial charge on any atom is 0.418 e. The highest BCUT2D eigenvalue weighted by Gasteiger charge is 2.45. The molecule has 0 saturated carbocycles. The van der Waals surface area contributed by atoms with Gasteiger partial charge in [-0.05, 0) is 30.3 Å². The Balaban J connectivity index is 1.33. The van der Waals surface area contributed by atoms with E-state index in [1.165, 1.54) is 17.2 Å². The number of pyridine rings is 1. The lowest BCUT2D eigenvalue weighted by Crippen LogP contribution is -2.48. The summed E-state index contributed by atoms with van der Waals surface area (Å²) in [5.41, 5.74) is -1.97. The molecule has 1 aromatic heterocycles. The number of aromatic nitrogens is 1. The second kappa shape index (κ2) is 9.30. The average molecular weight is 516 g/mol. The fourth-order valence-corrected chi connectivity index (χ4v) is 4.01. The van der Waals surface area contributed by atoms with Gasteiger partial charge in [0.15, 0.2) is 0 Å². The number of benzene rings is 1. The highest BCUT2D eigenvalue weighted by Crippen LogP contribution is 2.38. The van der Waals surface area contributed by atoms with Crippen LogP contribution < -0.4 is 10.6 Å². The van der Waals surface area contributed by atoms with Crippen molar-refractivity contribution in [2.24, 2.45) is 5.16 Å². The van der Waals surface area contributed by atoms with Crippen LogP contribution in [0.15, 0.2) is 41.7 Å². The van der Waals surface area contributed by atoms with Crippen LogP contribution in [0.4, 0.5) is 29.5 Å². The van der Waals surface area contributed by atoms with Crippen molar-refractivity contribution in [2.45, 2.75) is 31.0 Å². The standard InChI is InChI=1S/C21H18Cl2F3N5O3/c22-12-1-3-15(14(9-12)21(24,25)26)28-19(33)31-7-5-20(6-8-31)10-16(30-34-20)18(32)29-17-4-2-13(23)11-27-17/h1-4,9,11H,5-8,10H2,(H,28,33)(H,27,29,32). The van der Waals surface area contributed by atoms with Crippen LogP contribution in [0.3, 0.4) is 0 Å². The summed E-state index contributed by atoms with van der Waals surface area (Å²) < 4.78 is 39.8. The number of urea groups is 1. The Bertz CT molecular complexity index is 1130. The van der Waals surface area contributed by atoms with Crippen LogP contribution in [0.1, 0.15) is 24.8 Å². The van der Waals surface area contributed by atoms with E-state index in [9.17, 15) is 22.8 Å². The molecule has 2 aliphatic rings. The lowest BCUT2D eigenvalue weighted by atomic mass is 9.87. The Kier molecular flexibility index (Phi) is 6.59. The van der Waals surface area contributed by atoms with Crippen LogP contribution in [0.5, 0.6) is 0 Å². The maximum absolute atomic E-state index is 13.3. The minimum atomic E-state index is -4.67. The lowest BCUT2D eigenvalue weighted by Gasteiger charge is -2.37. The summed E-state index contributed by atoms with van der Waals surface area (Å²) in [6, 6.07) is 5.61. The van der Waals surface area contributed by atoms with Crippen molar-refractivity contribution < 1.29 is 27.6 Å². The largest absolute Gasteiger partial charge is 0.418 e. The Morgan fingerprint density at radius 3 is 2.41 bits per heavy atom. The van der Waals surface area contributed by atoms with Gasteiger partial charge in [-0.3, -0.25) is 4.79 Å². The Labute approximate surface area is 202 Å². The molecule has 3 amide bonds. The van der Waals surface area contributed by atoms with E-state index in [2.05, 4.69) is 20.8 Å². The van der Waals surface area contributed by atoms with E-state index < -0.39 is 29.3 Å². The number of carbonyl (C=O) groups is 2. The first kappa shape index (κ1) is 24.1. The summed E-state index contributed by atoms with van der Waals surface area (Å²) in [7, 11) is 0. The summed E-state index contributed by atoms with van der Waals surface area (Å²) in [5, 5.41) is 9.17. The first-order chi connectivity index (χ1) is 16.0. The van der Waals surface area contributed by atoms with E-state index >= 15 is 0 Å². The number of nitrogens with one attached hydrogen (secondary N) is 2. The Morgan fingerprint density at radius 1 is 1.06 bits per heavy atom. The summed E-state index contributed by atoms with van der Waals surface area (Å²) in [6.45, 7) is 0.424. The smallest absolute Gasteiger partial charge is 0.388 e. The van der Waals surface area contributed by atoms with Gasteiger partial charge in [-0.15, -0.1) is 0 Å². The molecule has 1 fully saturated rings. The van der Waals surface area contributed by atoms with E-state index in [4.69, 9.17) is 28.0 Å². The molecular weight excluding hydrogens is 498 g/mol. The van der Waals surface area contributed by atoms with Gasteiger partial charge in [0.25, 0.3) is 5.91 Å². The summed E-state index contributed by atoms with van der Waals surface area (Å²) in [5.74, 6) is -0.153. The fraction of sp³-hybridized carbons (Fsp3) is 0.333. The zero-order valence-electron chi connectivity index (χ0n) is 17.5. The molecule has 34 heavy (non-hydrogen) atoms. The molecular formula is C21H18Cl2F3N5O3. The molecule has 2 aliphatic heterocycles. The van der Waals surface area contributed by atoms with Crippen LogP contribution in [0, 0.1) is 0 Å². The third-order valence-corrected chi connectivity index (χ3v) is 6.02. The zero-order valence-corrected chi connectivity index (χ0v) is 19.0. The molecule has 0 atom stereocenters. The van der Waals surface area contributed by atoms with Gasteiger partial charge in [-0.25, -0.2) is 9.78 Å². The highest BCUT2D eigenvalue weighted by atomic mass is 35.5. The van der Waals surface area contributed by atoms with Gasteiger partial charge in [0.2, 0.25) is 0 Å². The summed E-state index contributed by atoms with van der Waals surface area (Å²) in [4.78, 5) is 36.0. The molecule has 8 nitrogen and oxygen atoms in total. The topological polar surface area (TPSA) is 95.9 Å². The van der Waals surface area contributed by atoms with Crippen LogP contribution in [-0.2, 0) is 15.8 Å². The van der Waals surface area contributed by atoms with Gasteiger partial charge >= 0.3 is 12.2 Å². The first-order valence-corrected chi connectivity index (χ1v) is 10.9. The summed E-state index contributed by atoms with van der Waals surface area (Å²) in [6.07, 6.45) is -2.34. The zero-order chi connectivity index (χ0) is 24.5. The molecule has 0 bridgehead atoms. The molecule has 3 heterocycles. The first-order valence-electron chi connectivity index (χ1n) is 10.2. The van der Waals surface area contributed by atoms with Crippen LogP contribution in [0.2, 0.25) is 10.0 Å². The monoisotopic (exact) mass is 515 g/mol. The van der Waals surface area contributed by atoms with Gasteiger partial charge in [-0.2, -0.15) is 13.2 Å². The van der Waals surface area contributed by atoms with Gasteiger partial charge in [0.05, 0.1) is 16.3 Å². The van der Waals surface area contributed by atoms with Crippen molar-refractivity contribution in [2.75, 3.05) is 23.7 Å².